The Morgan fingerprint density at radius 3 is 2.73 bits per heavy atom. The number of hydrogen-bond acceptors (Lipinski definition) is 5. The molecule has 0 aliphatic carbocycles. The van der Waals surface area contributed by atoms with Crippen molar-refractivity contribution < 1.29 is 9.47 Å². The Labute approximate surface area is 176 Å². The standard InChI is InChI=1S/C18H26N4O2S.HI/c1-13-17(25-14(2)21-13)12-20-18(19-3)22-15-7-5-8-16(11-15)24-10-6-9-23-4;/h5,7-8,11H,6,9-10,12H2,1-4H3,(H2,19,20,22);1H. The largest absolute Gasteiger partial charge is 0.493 e. The summed E-state index contributed by atoms with van der Waals surface area (Å²) in [6, 6.07) is 7.84. The first-order valence-corrected chi connectivity index (χ1v) is 9.06. The fraction of sp³-hybridized carbons (Fsp3) is 0.444. The van der Waals surface area contributed by atoms with Crippen LogP contribution in [0.5, 0.6) is 5.75 Å². The minimum atomic E-state index is 0. The number of hydrogen-bond donors (Lipinski definition) is 2. The number of anilines is 1. The number of guanidine groups is 1. The molecule has 26 heavy (non-hydrogen) atoms. The second-order valence-electron chi connectivity index (χ2n) is 5.51. The van der Waals surface area contributed by atoms with E-state index in [0.29, 0.717) is 25.7 Å². The van der Waals surface area contributed by atoms with E-state index in [1.165, 1.54) is 4.88 Å². The van der Waals surface area contributed by atoms with Gasteiger partial charge in [-0.25, -0.2) is 4.98 Å². The highest BCUT2D eigenvalue weighted by atomic mass is 127. The van der Waals surface area contributed by atoms with Gasteiger partial charge in [0, 0.05) is 43.8 Å². The molecule has 0 saturated carbocycles. The van der Waals surface area contributed by atoms with E-state index in [-0.39, 0.29) is 24.0 Å². The number of ether oxygens (including phenoxy) is 2. The van der Waals surface area contributed by atoms with Crippen molar-refractivity contribution in [1.29, 1.82) is 0 Å². The van der Waals surface area contributed by atoms with Crippen molar-refractivity contribution >= 4 is 47.0 Å². The quantitative estimate of drug-likeness (QED) is 0.254. The summed E-state index contributed by atoms with van der Waals surface area (Å²) in [6.07, 6.45) is 0.866. The zero-order valence-corrected chi connectivity index (χ0v) is 18.8. The molecule has 2 N–H and O–H groups in total. The van der Waals surface area contributed by atoms with E-state index < -0.39 is 0 Å². The van der Waals surface area contributed by atoms with E-state index in [0.717, 1.165) is 28.6 Å². The van der Waals surface area contributed by atoms with Crippen LogP contribution >= 0.6 is 35.3 Å². The molecular formula is C18H27IN4O2S. The van der Waals surface area contributed by atoms with Gasteiger partial charge in [0.25, 0.3) is 0 Å². The first kappa shape index (κ1) is 22.7. The minimum absolute atomic E-state index is 0. The Morgan fingerprint density at radius 2 is 2.08 bits per heavy atom. The molecule has 144 valence electrons. The van der Waals surface area contributed by atoms with Crippen LogP contribution in [0.15, 0.2) is 29.3 Å². The zero-order chi connectivity index (χ0) is 18.1. The molecular weight excluding hydrogens is 463 g/mol. The third-order valence-corrected chi connectivity index (χ3v) is 4.57. The number of aromatic nitrogens is 1. The molecule has 0 spiro atoms. The molecule has 1 aromatic heterocycles. The molecule has 0 aliphatic heterocycles. The van der Waals surface area contributed by atoms with Crippen molar-refractivity contribution in [3.8, 4) is 5.75 Å². The molecule has 0 radical (unpaired) electrons. The monoisotopic (exact) mass is 490 g/mol. The number of methoxy groups -OCH3 is 1. The van der Waals surface area contributed by atoms with Crippen molar-refractivity contribution in [3.05, 3.63) is 39.8 Å². The lowest BCUT2D eigenvalue weighted by atomic mass is 10.3. The van der Waals surface area contributed by atoms with E-state index in [1.807, 2.05) is 38.1 Å². The van der Waals surface area contributed by atoms with Crippen LogP contribution in [0.4, 0.5) is 5.69 Å². The zero-order valence-electron chi connectivity index (χ0n) is 15.7. The number of nitrogens with zero attached hydrogens (tertiary/aromatic N) is 2. The maximum Gasteiger partial charge on any atom is 0.195 e. The van der Waals surface area contributed by atoms with E-state index in [1.54, 1.807) is 25.5 Å². The fourth-order valence-electron chi connectivity index (χ4n) is 2.27. The highest BCUT2D eigenvalue weighted by Crippen LogP contribution is 2.18. The number of aliphatic imine (C=N–C) groups is 1. The maximum atomic E-state index is 5.72. The highest BCUT2D eigenvalue weighted by molar-refractivity contribution is 14.0. The first-order chi connectivity index (χ1) is 12.1. The van der Waals surface area contributed by atoms with Crippen LogP contribution in [0.1, 0.15) is 22.0 Å². The van der Waals surface area contributed by atoms with Gasteiger partial charge in [0.15, 0.2) is 5.96 Å². The Bertz CT molecular complexity index is 706. The summed E-state index contributed by atoms with van der Waals surface area (Å²) in [5.41, 5.74) is 1.99. The van der Waals surface area contributed by atoms with Crippen LogP contribution in [0.3, 0.4) is 0 Å². The molecule has 6 nitrogen and oxygen atoms in total. The van der Waals surface area contributed by atoms with Crippen LogP contribution in [-0.4, -0.2) is 38.3 Å². The average Bonchev–Trinajstić information content (AvgIpc) is 2.93. The fourth-order valence-corrected chi connectivity index (χ4v) is 3.15. The second-order valence-corrected chi connectivity index (χ2v) is 6.80. The lowest BCUT2D eigenvalue weighted by molar-refractivity contribution is 0.172. The highest BCUT2D eigenvalue weighted by Gasteiger charge is 2.06. The SMILES string of the molecule is CN=C(NCc1sc(C)nc1C)Nc1cccc(OCCCOC)c1.I. The van der Waals surface area contributed by atoms with Crippen LogP contribution in [0.2, 0.25) is 0 Å². The van der Waals surface area contributed by atoms with Crippen LogP contribution in [0, 0.1) is 13.8 Å². The van der Waals surface area contributed by atoms with E-state index >= 15 is 0 Å². The van der Waals surface area contributed by atoms with Gasteiger partial charge >= 0.3 is 0 Å². The van der Waals surface area contributed by atoms with Gasteiger partial charge in [-0.1, -0.05) is 6.07 Å². The predicted octanol–water partition coefficient (Wildman–Crippen LogP) is 3.98. The van der Waals surface area contributed by atoms with Gasteiger partial charge in [0.2, 0.25) is 0 Å². The van der Waals surface area contributed by atoms with Crippen molar-refractivity contribution in [1.82, 2.24) is 10.3 Å². The lowest BCUT2D eigenvalue weighted by Crippen LogP contribution is -2.30. The predicted molar refractivity (Wildman–Crippen MR) is 119 cm³/mol. The van der Waals surface area contributed by atoms with Crippen molar-refractivity contribution in [3.63, 3.8) is 0 Å². The molecule has 1 heterocycles. The number of benzene rings is 1. The summed E-state index contributed by atoms with van der Waals surface area (Å²) in [4.78, 5) is 9.94. The van der Waals surface area contributed by atoms with Crippen LogP contribution in [-0.2, 0) is 11.3 Å². The van der Waals surface area contributed by atoms with Gasteiger partial charge in [-0.3, -0.25) is 4.99 Å². The number of thiazole rings is 1. The smallest absolute Gasteiger partial charge is 0.195 e. The number of halogens is 1. The topological polar surface area (TPSA) is 67.8 Å². The minimum Gasteiger partial charge on any atom is -0.493 e. The normalized spacial score (nSPS) is 11.0. The summed E-state index contributed by atoms with van der Waals surface area (Å²) < 4.78 is 10.7. The molecule has 2 rings (SSSR count). The Balaban J connectivity index is 0.00000338. The second kappa shape index (κ2) is 12.1. The van der Waals surface area contributed by atoms with Crippen molar-refractivity contribution in [2.24, 2.45) is 4.99 Å². The van der Waals surface area contributed by atoms with E-state index in [2.05, 4.69) is 20.6 Å². The Hall–Kier alpha value is -1.39. The molecule has 0 saturated heterocycles. The average molecular weight is 490 g/mol. The summed E-state index contributed by atoms with van der Waals surface area (Å²) in [5, 5.41) is 7.68. The molecule has 0 aliphatic rings. The van der Waals surface area contributed by atoms with Crippen molar-refractivity contribution in [2.75, 3.05) is 32.7 Å². The number of aryl methyl sites for hydroxylation is 2. The molecule has 0 amide bonds. The van der Waals surface area contributed by atoms with Gasteiger partial charge in [-0.05, 0) is 26.0 Å². The summed E-state index contributed by atoms with van der Waals surface area (Å²) >= 11 is 1.70. The third-order valence-electron chi connectivity index (χ3n) is 3.50. The molecule has 0 bridgehead atoms. The lowest BCUT2D eigenvalue weighted by Gasteiger charge is -2.13. The first-order valence-electron chi connectivity index (χ1n) is 8.24. The Kier molecular flexibility index (Phi) is 10.5. The number of nitrogens with one attached hydrogen (secondary N) is 2. The maximum absolute atomic E-state index is 5.72. The molecule has 1 aromatic carbocycles. The van der Waals surface area contributed by atoms with Crippen molar-refractivity contribution in [2.45, 2.75) is 26.8 Å². The van der Waals surface area contributed by atoms with Crippen LogP contribution in [0.25, 0.3) is 0 Å². The summed E-state index contributed by atoms with van der Waals surface area (Å²) in [5.74, 6) is 1.53. The van der Waals surface area contributed by atoms with Gasteiger partial charge in [-0.15, -0.1) is 35.3 Å². The van der Waals surface area contributed by atoms with Gasteiger partial charge in [0.1, 0.15) is 5.75 Å². The van der Waals surface area contributed by atoms with Gasteiger partial charge < -0.3 is 20.1 Å². The molecule has 2 aromatic rings. The molecule has 0 fully saturated rings. The molecule has 8 heteroatoms. The number of rotatable bonds is 8. The molecule has 0 atom stereocenters. The van der Waals surface area contributed by atoms with Gasteiger partial charge in [-0.2, -0.15) is 0 Å². The molecule has 0 unspecified atom stereocenters. The summed E-state index contributed by atoms with van der Waals surface area (Å²) in [7, 11) is 3.45. The van der Waals surface area contributed by atoms with Gasteiger partial charge in [0.05, 0.1) is 23.9 Å². The van der Waals surface area contributed by atoms with E-state index in [9.17, 15) is 0 Å². The van der Waals surface area contributed by atoms with Crippen LogP contribution < -0.4 is 15.4 Å². The third kappa shape index (κ3) is 7.46. The van der Waals surface area contributed by atoms with E-state index in [4.69, 9.17) is 9.47 Å². The Morgan fingerprint density at radius 1 is 1.27 bits per heavy atom. The summed E-state index contributed by atoms with van der Waals surface area (Å²) in [6.45, 7) is 6.08.